The third-order valence-electron chi connectivity index (χ3n) is 11.4. The van der Waals surface area contributed by atoms with Gasteiger partial charge in [-0.2, -0.15) is 0 Å². The molecule has 0 spiro atoms. The minimum absolute atomic E-state index is 0.107. The number of fused-ring (bicyclic) bond motifs is 1. The Morgan fingerprint density at radius 2 is 1.19 bits per heavy atom. The standard InChI is InChI=1S/C43H52N8O6/c1-24(2)36(48-42(54)56-5)40(52)50-20-8-12-34(50)38-44-22-32(46-38)27-16-14-26(15-17-27)28-18-19-31(30-11-7-10-29(28)30)33-23-45-39(47-33)35-13-9-21-51(35)41(53)37(25(3)4)49-43(55)57-6/h7,11,14-19,22-25,34-37H,8-10,12-13,20-21H2,1-6H3,(H,44,46)(H,45,47)(H,48,54)(H,49,55)/t34-,35-,36-,37-/m0/s1. The number of hydrogen-bond donors (Lipinski definition) is 4. The van der Waals surface area contributed by atoms with E-state index in [9.17, 15) is 19.2 Å². The molecular weight excluding hydrogens is 725 g/mol. The van der Waals surface area contributed by atoms with E-state index in [-0.39, 0.29) is 35.7 Å². The van der Waals surface area contributed by atoms with Crippen molar-refractivity contribution in [2.75, 3.05) is 27.3 Å². The number of hydrogen-bond acceptors (Lipinski definition) is 8. The molecule has 0 saturated carbocycles. The van der Waals surface area contributed by atoms with Gasteiger partial charge in [0.25, 0.3) is 0 Å². The van der Waals surface area contributed by atoms with Crippen molar-refractivity contribution < 1.29 is 28.7 Å². The van der Waals surface area contributed by atoms with Gasteiger partial charge in [0.05, 0.1) is 50.1 Å². The molecule has 0 radical (unpaired) electrons. The molecule has 2 aromatic carbocycles. The SMILES string of the molecule is COC(=O)N[C@H](C(=O)N1CCC[C@H]1c1ncc(-c2ccc(-c3ccc(-c4cnc([C@@H]5CCCN5C(=O)[C@@H](NC(=O)OC)C(C)C)[nH]4)c4c3CC=C4)cc2)[nH]1)C(C)C. The number of imidazole rings is 2. The van der Waals surface area contributed by atoms with Gasteiger partial charge in [0.1, 0.15) is 23.7 Å². The van der Waals surface area contributed by atoms with E-state index in [0.717, 1.165) is 83.0 Å². The summed E-state index contributed by atoms with van der Waals surface area (Å²) in [6.45, 7) is 8.81. The van der Waals surface area contributed by atoms with Crippen LogP contribution >= 0.6 is 0 Å². The average molecular weight is 777 g/mol. The molecule has 0 bridgehead atoms. The molecule has 57 heavy (non-hydrogen) atoms. The van der Waals surface area contributed by atoms with Crippen molar-refractivity contribution in [3.8, 4) is 33.6 Å². The summed E-state index contributed by atoms with van der Waals surface area (Å²) in [6, 6.07) is 10.9. The van der Waals surface area contributed by atoms with Crippen LogP contribution in [0.5, 0.6) is 0 Å². The summed E-state index contributed by atoms with van der Waals surface area (Å²) >= 11 is 0. The number of benzene rings is 2. The van der Waals surface area contributed by atoms with Crippen LogP contribution < -0.4 is 10.6 Å². The second-order valence-electron chi connectivity index (χ2n) is 15.7. The molecule has 2 saturated heterocycles. The number of methoxy groups -OCH3 is 2. The normalized spacial score (nSPS) is 18.5. The molecule has 2 fully saturated rings. The van der Waals surface area contributed by atoms with Gasteiger partial charge in [-0.3, -0.25) is 9.59 Å². The number of nitrogens with zero attached hydrogens (tertiary/aromatic N) is 4. The van der Waals surface area contributed by atoms with Gasteiger partial charge in [0.15, 0.2) is 0 Å². The number of alkyl carbamates (subject to hydrolysis) is 2. The number of aromatic nitrogens is 4. The second-order valence-corrected chi connectivity index (χ2v) is 15.7. The molecule has 4 heterocycles. The Kier molecular flexibility index (Phi) is 11.5. The summed E-state index contributed by atoms with van der Waals surface area (Å²) in [5, 5.41) is 5.42. The fraction of sp³-hybridized carbons (Fsp3) is 0.442. The smallest absolute Gasteiger partial charge is 0.407 e. The Morgan fingerprint density at radius 1 is 0.702 bits per heavy atom. The highest BCUT2D eigenvalue weighted by Crippen LogP contribution is 2.40. The summed E-state index contributed by atoms with van der Waals surface area (Å²) in [5.41, 5.74) is 8.41. The number of rotatable bonds is 11. The van der Waals surface area contributed by atoms with Crippen molar-refractivity contribution in [3.05, 3.63) is 77.6 Å². The lowest BCUT2D eigenvalue weighted by Crippen LogP contribution is -2.51. The second kappa shape index (κ2) is 16.7. The highest BCUT2D eigenvalue weighted by molar-refractivity contribution is 5.88. The van der Waals surface area contributed by atoms with Crippen molar-refractivity contribution in [2.45, 2.75) is 84.0 Å². The van der Waals surface area contributed by atoms with Crippen LogP contribution in [0.15, 0.2) is 54.9 Å². The molecule has 4 N–H and O–H groups in total. The van der Waals surface area contributed by atoms with E-state index < -0.39 is 24.3 Å². The third-order valence-corrected chi connectivity index (χ3v) is 11.4. The zero-order chi connectivity index (χ0) is 40.4. The fourth-order valence-corrected chi connectivity index (χ4v) is 8.39. The summed E-state index contributed by atoms with van der Waals surface area (Å²) in [7, 11) is 2.59. The Labute approximate surface area is 332 Å². The quantitative estimate of drug-likeness (QED) is 0.129. The van der Waals surface area contributed by atoms with Crippen LogP contribution in [0.25, 0.3) is 39.7 Å². The molecular formula is C43H52N8O6. The molecule has 14 nitrogen and oxygen atoms in total. The molecule has 2 aromatic heterocycles. The van der Waals surface area contributed by atoms with E-state index in [1.54, 1.807) is 0 Å². The minimum Gasteiger partial charge on any atom is -0.453 e. The van der Waals surface area contributed by atoms with Crippen LogP contribution in [0.1, 0.15) is 88.2 Å². The Morgan fingerprint density at radius 3 is 1.72 bits per heavy atom. The highest BCUT2D eigenvalue weighted by Gasteiger charge is 2.39. The Bertz CT molecular complexity index is 2150. The van der Waals surface area contributed by atoms with Crippen LogP contribution in [-0.2, 0) is 25.5 Å². The summed E-state index contributed by atoms with van der Waals surface area (Å²) in [4.78, 5) is 71.4. The molecule has 2 aliphatic heterocycles. The molecule has 4 aromatic rings. The summed E-state index contributed by atoms with van der Waals surface area (Å²) < 4.78 is 9.55. The van der Waals surface area contributed by atoms with Crippen molar-refractivity contribution in [1.29, 1.82) is 0 Å². The van der Waals surface area contributed by atoms with E-state index in [1.165, 1.54) is 19.8 Å². The van der Waals surface area contributed by atoms with Gasteiger partial charge in [-0.05, 0) is 71.8 Å². The average Bonchev–Trinajstić information content (AvgIpc) is 4.07. The number of carbonyl (C=O) groups excluding carboxylic acids is 4. The molecule has 0 unspecified atom stereocenters. The van der Waals surface area contributed by atoms with Gasteiger partial charge >= 0.3 is 12.2 Å². The minimum atomic E-state index is -0.693. The van der Waals surface area contributed by atoms with Gasteiger partial charge < -0.3 is 39.9 Å². The van der Waals surface area contributed by atoms with Gasteiger partial charge in [-0.15, -0.1) is 0 Å². The van der Waals surface area contributed by atoms with Crippen LogP contribution in [0.2, 0.25) is 0 Å². The number of carbonyl (C=O) groups is 4. The number of likely N-dealkylation sites (tertiary alicyclic amines) is 2. The van der Waals surface area contributed by atoms with Gasteiger partial charge in [-0.25, -0.2) is 19.6 Å². The first kappa shape index (κ1) is 39.3. The number of nitrogens with one attached hydrogen (secondary N) is 4. The van der Waals surface area contributed by atoms with Crippen molar-refractivity contribution in [1.82, 2.24) is 40.4 Å². The first-order chi connectivity index (χ1) is 27.5. The van der Waals surface area contributed by atoms with Crippen molar-refractivity contribution >= 4 is 30.1 Å². The number of amides is 4. The van der Waals surface area contributed by atoms with E-state index >= 15 is 0 Å². The van der Waals surface area contributed by atoms with Crippen LogP contribution in [0.4, 0.5) is 9.59 Å². The first-order valence-corrected chi connectivity index (χ1v) is 19.8. The lowest BCUT2D eigenvalue weighted by atomic mass is 9.92. The Balaban J connectivity index is 1.07. The molecule has 14 heteroatoms. The number of aromatic amines is 2. The van der Waals surface area contributed by atoms with E-state index in [1.807, 2.05) is 49.9 Å². The fourth-order valence-electron chi connectivity index (χ4n) is 8.39. The highest BCUT2D eigenvalue weighted by atomic mass is 16.5. The van der Waals surface area contributed by atoms with Crippen LogP contribution in [0, 0.1) is 11.8 Å². The van der Waals surface area contributed by atoms with E-state index in [2.05, 4.69) is 69.2 Å². The van der Waals surface area contributed by atoms with Gasteiger partial charge in [0.2, 0.25) is 11.8 Å². The van der Waals surface area contributed by atoms with E-state index in [4.69, 9.17) is 19.4 Å². The largest absolute Gasteiger partial charge is 0.453 e. The predicted molar refractivity (Wildman–Crippen MR) is 215 cm³/mol. The van der Waals surface area contributed by atoms with Crippen molar-refractivity contribution in [3.63, 3.8) is 0 Å². The zero-order valence-corrected chi connectivity index (χ0v) is 33.4. The molecule has 1 aliphatic carbocycles. The molecule has 4 amide bonds. The van der Waals surface area contributed by atoms with Gasteiger partial charge in [0, 0.05) is 18.7 Å². The van der Waals surface area contributed by atoms with Crippen molar-refractivity contribution in [2.24, 2.45) is 11.8 Å². The lowest BCUT2D eigenvalue weighted by molar-refractivity contribution is -0.136. The topological polar surface area (TPSA) is 175 Å². The van der Waals surface area contributed by atoms with Crippen LogP contribution in [0.3, 0.4) is 0 Å². The van der Waals surface area contributed by atoms with Gasteiger partial charge in [-0.1, -0.05) is 76.2 Å². The number of ether oxygens (including phenoxy) is 2. The molecule has 300 valence electrons. The first-order valence-electron chi connectivity index (χ1n) is 19.8. The number of H-pyrrole nitrogens is 2. The summed E-state index contributed by atoms with van der Waals surface area (Å²) in [6.07, 6.45) is 10.8. The summed E-state index contributed by atoms with van der Waals surface area (Å²) in [5.74, 6) is 0.966. The van der Waals surface area contributed by atoms with E-state index in [0.29, 0.717) is 13.1 Å². The maximum Gasteiger partial charge on any atom is 0.407 e. The molecule has 4 atom stereocenters. The monoisotopic (exact) mass is 776 g/mol. The zero-order valence-electron chi connectivity index (χ0n) is 33.4. The maximum atomic E-state index is 13.7. The van der Waals surface area contributed by atoms with Crippen LogP contribution in [-0.4, -0.2) is 93.1 Å². The molecule has 3 aliphatic rings. The maximum absolute atomic E-state index is 13.7. The lowest BCUT2D eigenvalue weighted by Gasteiger charge is -2.30. The molecule has 7 rings (SSSR count). The Hall–Kier alpha value is -5.92. The number of allylic oxidation sites excluding steroid dienone is 1. The third kappa shape index (κ3) is 7.90. The predicted octanol–water partition coefficient (Wildman–Crippen LogP) is 6.79.